The zero-order valence-electron chi connectivity index (χ0n) is 10.3. The number of hydrogen-bond acceptors (Lipinski definition) is 3. The van der Waals surface area contributed by atoms with Gasteiger partial charge in [0.05, 0.1) is 0 Å². The number of hydrogen-bond donors (Lipinski definition) is 1. The lowest BCUT2D eigenvalue weighted by Gasteiger charge is -2.20. The Kier molecular flexibility index (Phi) is 5.34. The van der Waals surface area contributed by atoms with Crippen LogP contribution < -0.4 is 10.5 Å². The van der Waals surface area contributed by atoms with E-state index >= 15 is 0 Å². The molecule has 0 heterocycles. The average molecular weight is 279 g/mol. The van der Waals surface area contributed by atoms with Crippen LogP contribution in [0.15, 0.2) is 23.1 Å². The predicted molar refractivity (Wildman–Crippen MR) is 66.9 cm³/mol. The van der Waals surface area contributed by atoms with Crippen molar-refractivity contribution < 1.29 is 17.9 Å². The normalized spacial score (nSPS) is 13.4. The third kappa shape index (κ3) is 3.81. The molecule has 0 aromatic heterocycles. The lowest BCUT2D eigenvalue weighted by Crippen LogP contribution is -2.31. The second kappa shape index (κ2) is 6.33. The second-order valence-corrected chi connectivity index (χ2v) is 4.98. The zero-order valence-corrected chi connectivity index (χ0v) is 11.1. The molecule has 0 aliphatic rings. The summed E-state index contributed by atoms with van der Waals surface area (Å²) >= 11 is 1.53. The number of ether oxygens (including phenoxy) is 1. The molecule has 0 saturated carbocycles. The summed E-state index contributed by atoms with van der Waals surface area (Å²) in [5, 5.41) is 0. The number of benzene rings is 1. The van der Waals surface area contributed by atoms with E-state index in [2.05, 4.69) is 0 Å². The molecule has 2 N–H and O–H groups in total. The van der Waals surface area contributed by atoms with Crippen molar-refractivity contribution >= 4 is 11.8 Å². The molecule has 102 valence electrons. The van der Waals surface area contributed by atoms with E-state index in [1.54, 1.807) is 6.07 Å². The van der Waals surface area contributed by atoms with Gasteiger partial charge in [-0.25, -0.2) is 0 Å². The summed E-state index contributed by atoms with van der Waals surface area (Å²) in [5.74, 6) is 1.03. The van der Waals surface area contributed by atoms with Gasteiger partial charge in [-0.3, -0.25) is 0 Å². The highest BCUT2D eigenvalue weighted by Crippen LogP contribution is 2.32. The highest BCUT2D eigenvalue weighted by Gasteiger charge is 2.38. The van der Waals surface area contributed by atoms with Crippen LogP contribution in [0, 0.1) is 0 Å². The summed E-state index contributed by atoms with van der Waals surface area (Å²) < 4.78 is 42.3. The maximum atomic E-state index is 12.5. The standard InChI is InChI=1S/C12H16F3NOS/c1-3-18-11-6-4-5-10(9(11)7-16)17-8(2)12(13,14)15/h4-6,8H,3,7,16H2,1-2H3. The van der Waals surface area contributed by atoms with E-state index < -0.39 is 12.3 Å². The first-order valence-corrected chi connectivity index (χ1v) is 6.56. The fourth-order valence-corrected chi connectivity index (χ4v) is 2.25. The Morgan fingerprint density at radius 3 is 2.56 bits per heavy atom. The van der Waals surface area contributed by atoms with Crippen LogP contribution in [0.4, 0.5) is 13.2 Å². The third-order valence-electron chi connectivity index (χ3n) is 2.36. The van der Waals surface area contributed by atoms with Crippen LogP contribution in [0.1, 0.15) is 19.4 Å². The first-order chi connectivity index (χ1) is 8.40. The summed E-state index contributed by atoms with van der Waals surface area (Å²) in [4.78, 5) is 0.867. The number of rotatable bonds is 5. The van der Waals surface area contributed by atoms with Crippen LogP contribution in [-0.2, 0) is 6.54 Å². The number of alkyl halides is 3. The van der Waals surface area contributed by atoms with Crippen molar-refractivity contribution in [3.05, 3.63) is 23.8 Å². The maximum absolute atomic E-state index is 12.5. The molecule has 0 aliphatic heterocycles. The van der Waals surface area contributed by atoms with Gasteiger partial charge in [0.2, 0.25) is 0 Å². The Morgan fingerprint density at radius 2 is 2.06 bits per heavy atom. The number of thioether (sulfide) groups is 1. The minimum Gasteiger partial charge on any atom is -0.481 e. The smallest absolute Gasteiger partial charge is 0.425 e. The highest BCUT2D eigenvalue weighted by atomic mass is 32.2. The molecule has 0 spiro atoms. The Hall–Kier alpha value is -0.880. The van der Waals surface area contributed by atoms with Crippen molar-refractivity contribution in [1.29, 1.82) is 0 Å². The molecule has 6 heteroatoms. The molecule has 0 amide bonds. The molecule has 2 nitrogen and oxygen atoms in total. The quantitative estimate of drug-likeness (QED) is 0.837. The summed E-state index contributed by atoms with van der Waals surface area (Å²) in [6, 6.07) is 5.03. The monoisotopic (exact) mass is 279 g/mol. The molecular formula is C12H16F3NOS. The van der Waals surface area contributed by atoms with Crippen LogP contribution >= 0.6 is 11.8 Å². The van der Waals surface area contributed by atoms with Crippen molar-refractivity contribution in [2.45, 2.75) is 37.6 Å². The van der Waals surface area contributed by atoms with Gasteiger partial charge in [-0.2, -0.15) is 13.2 Å². The summed E-state index contributed by atoms with van der Waals surface area (Å²) in [5.41, 5.74) is 6.22. The van der Waals surface area contributed by atoms with Gasteiger partial charge in [-0.15, -0.1) is 11.8 Å². The molecule has 1 aromatic carbocycles. The van der Waals surface area contributed by atoms with Crippen molar-refractivity contribution in [1.82, 2.24) is 0 Å². The van der Waals surface area contributed by atoms with Crippen LogP contribution in [0.5, 0.6) is 5.75 Å². The molecule has 1 rings (SSSR count). The minimum absolute atomic E-state index is 0.156. The van der Waals surface area contributed by atoms with Crippen LogP contribution in [0.3, 0.4) is 0 Å². The fourth-order valence-electron chi connectivity index (χ4n) is 1.41. The van der Waals surface area contributed by atoms with E-state index in [9.17, 15) is 13.2 Å². The van der Waals surface area contributed by atoms with Gasteiger partial charge in [0, 0.05) is 17.0 Å². The Labute approximate surface area is 109 Å². The fraction of sp³-hybridized carbons (Fsp3) is 0.500. The molecule has 1 atom stereocenters. The molecule has 0 aliphatic carbocycles. The molecule has 0 fully saturated rings. The zero-order chi connectivity index (χ0) is 13.8. The van der Waals surface area contributed by atoms with Gasteiger partial charge in [-0.05, 0) is 24.8 Å². The molecule has 0 bridgehead atoms. The van der Waals surface area contributed by atoms with Gasteiger partial charge in [-0.1, -0.05) is 13.0 Å². The van der Waals surface area contributed by atoms with Crippen LogP contribution in [0.25, 0.3) is 0 Å². The predicted octanol–water partition coefficient (Wildman–Crippen LogP) is 3.59. The molecule has 1 aromatic rings. The van der Waals surface area contributed by atoms with E-state index in [0.29, 0.717) is 5.56 Å². The lowest BCUT2D eigenvalue weighted by atomic mass is 10.2. The first kappa shape index (κ1) is 15.2. The highest BCUT2D eigenvalue weighted by molar-refractivity contribution is 7.99. The average Bonchev–Trinajstić information content (AvgIpc) is 2.28. The van der Waals surface area contributed by atoms with Crippen LogP contribution in [-0.4, -0.2) is 18.0 Å². The van der Waals surface area contributed by atoms with Gasteiger partial charge in [0.15, 0.2) is 6.10 Å². The first-order valence-electron chi connectivity index (χ1n) is 5.58. The molecule has 0 saturated heterocycles. The van der Waals surface area contributed by atoms with Gasteiger partial charge >= 0.3 is 6.18 Å². The minimum atomic E-state index is -4.38. The SMILES string of the molecule is CCSc1cccc(OC(C)C(F)(F)F)c1CN. The van der Waals surface area contributed by atoms with E-state index in [-0.39, 0.29) is 12.3 Å². The summed E-state index contributed by atoms with van der Waals surface area (Å²) in [6.45, 7) is 3.11. The van der Waals surface area contributed by atoms with Crippen LogP contribution in [0.2, 0.25) is 0 Å². The van der Waals surface area contributed by atoms with Crippen molar-refractivity contribution in [2.24, 2.45) is 5.73 Å². The maximum Gasteiger partial charge on any atom is 0.425 e. The Balaban J connectivity index is 2.98. The number of nitrogens with two attached hydrogens (primary N) is 1. The second-order valence-electron chi connectivity index (χ2n) is 3.67. The molecule has 18 heavy (non-hydrogen) atoms. The topological polar surface area (TPSA) is 35.2 Å². The van der Waals surface area contributed by atoms with Crippen molar-refractivity contribution in [3.8, 4) is 5.75 Å². The van der Waals surface area contributed by atoms with E-state index in [0.717, 1.165) is 17.6 Å². The Bertz CT molecular complexity index is 395. The molecular weight excluding hydrogens is 263 g/mol. The largest absolute Gasteiger partial charge is 0.481 e. The molecule has 0 radical (unpaired) electrons. The van der Waals surface area contributed by atoms with Gasteiger partial charge < -0.3 is 10.5 Å². The van der Waals surface area contributed by atoms with Gasteiger partial charge in [0.1, 0.15) is 5.75 Å². The summed E-state index contributed by atoms with van der Waals surface area (Å²) in [6.07, 6.45) is -6.22. The van der Waals surface area contributed by atoms with Crippen molar-refractivity contribution in [3.63, 3.8) is 0 Å². The van der Waals surface area contributed by atoms with Gasteiger partial charge in [0.25, 0.3) is 0 Å². The molecule has 1 unspecified atom stereocenters. The van der Waals surface area contributed by atoms with Crippen molar-refractivity contribution in [2.75, 3.05) is 5.75 Å². The summed E-state index contributed by atoms with van der Waals surface area (Å²) in [7, 11) is 0. The van der Waals surface area contributed by atoms with E-state index in [1.807, 2.05) is 13.0 Å². The number of halogens is 3. The van der Waals surface area contributed by atoms with E-state index in [1.165, 1.54) is 17.8 Å². The Morgan fingerprint density at radius 1 is 1.39 bits per heavy atom. The van der Waals surface area contributed by atoms with E-state index in [4.69, 9.17) is 10.5 Å². The lowest BCUT2D eigenvalue weighted by molar-refractivity contribution is -0.189. The third-order valence-corrected chi connectivity index (χ3v) is 3.34.